The number of hydrogen-bond acceptors (Lipinski definition) is 4. The Morgan fingerprint density at radius 2 is 1.89 bits per heavy atom. The molecule has 1 amide bonds. The van der Waals surface area contributed by atoms with E-state index in [1.165, 1.54) is 0 Å². The van der Waals surface area contributed by atoms with Crippen LogP contribution in [0.2, 0.25) is 0 Å². The molecule has 5 heteroatoms. The van der Waals surface area contributed by atoms with Crippen molar-refractivity contribution in [1.82, 2.24) is 4.90 Å². The fourth-order valence-corrected chi connectivity index (χ4v) is 2.36. The molecule has 0 aliphatic carbocycles. The zero-order valence-corrected chi connectivity index (χ0v) is 11.6. The maximum Gasteiger partial charge on any atom is 0.254 e. The van der Waals surface area contributed by atoms with Gasteiger partial charge >= 0.3 is 0 Å². The lowest BCUT2D eigenvalue weighted by molar-refractivity contribution is 0.0790. The summed E-state index contributed by atoms with van der Waals surface area (Å²) in [6, 6.07) is 3.59. The lowest BCUT2D eigenvalue weighted by Crippen LogP contribution is -2.31. The number of nitrogens with two attached hydrogens (primary N) is 1. The number of ether oxygens (including phenoxy) is 2. The van der Waals surface area contributed by atoms with E-state index in [0.717, 1.165) is 12.0 Å². The summed E-state index contributed by atoms with van der Waals surface area (Å²) in [6.45, 7) is 3.22. The Bertz CT molecular complexity index is 463. The van der Waals surface area contributed by atoms with Gasteiger partial charge in [-0.1, -0.05) is 0 Å². The summed E-state index contributed by atoms with van der Waals surface area (Å²) in [4.78, 5) is 14.2. The first-order valence-electron chi connectivity index (χ1n) is 6.34. The number of amides is 1. The Morgan fingerprint density at radius 3 is 2.32 bits per heavy atom. The minimum absolute atomic E-state index is 0.0236. The Morgan fingerprint density at radius 1 is 1.32 bits per heavy atom. The van der Waals surface area contributed by atoms with Gasteiger partial charge in [-0.25, -0.2) is 0 Å². The van der Waals surface area contributed by atoms with Crippen LogP contribution in [0.15, 0.2) is 12.1 Å². The Hall–Kier alpha value is -1.75. The monoisotopic (exact) mass is 264 g/mol. The first kappa shape index (κ1) is 13.7. The number of carbonyl (C=O) groups excluding carboxylic acids is 1. The van der Waals surface area contributed by atoms with Gasteiger partial charge in [0.25, 0.3) is 5.91 Å². The van der Waals surface area contributed by atoms with Crippen LogP contribution in [-0.2, 0) is 0 Å². The molecule has 1 heterocycles. The van der Waals surface area contributed by atoms with Gasteiger partial charge in [-0.2, -0.15) is 0 Å². The first-order valence-corrected chi connectivity index (χ1v) is 6.34. The van der Waals surface area contributed by atoms with Crippen LogP contribution in [0, 0.1) is 6.92 Å². The van der Waals surface area contributed by atoms with Crippen LogP contribution >= 0.6 is 0 Å². The van der Waals surface area contributed by atoms with Crippen molar-refractivity contribution in [2.75, 3.05) is 27.3 Å². The van der Waals surface area contributed by atoms with Crippen molar-refractivity contribution in [3.8, 4) is 11.5 Å². The second kappa shape index (κ2) is 5.48. The van der Waals surface area contributed by atoms with Gasteiger partial charge < -0.3 is 20.1 Å². The molecular formula is C14H20N2O3. The molecule has 1 aliphatic rings. The fourth-order valence-electron chi connectivity index (χ4n) is 2.36. The molecule has 1 aromatic carbocycles. The van der Waals surface area contributed by atoms with E-state index in [9.17, 15) is 4.79 Å². The van der Waals surface area contributed by atoms with Gasteiger partial charge in [0.15, 0.2) is 0 Å². The van der Waals surface area contributed by atoms with Crippen molar-refractivity contribution in [2.24, 2.45) is 5.73 Å². The van der Waals surface area contributed by atoms with Gasteiger partial charge in [-0.05, 0) is 25.5 Å². The molecule has 2 N–H and O–H groups in total. The minimum Gasteiger partial charge on any atom is -0.496 e. The topological polar surface area (TPSA) is 64.8 Å². The Kier molecular flexibility index (Phi) is 3.95. The van der Waals surface area contributed by atoms with Crippen LogP contribution in [0.5, 0.6) is 11.5 Å². The van der Waals surface area contributed by atoms with Gasteiger partial charge in [0, 0.05) is 30.3 Å². The second-order valence-corrected chi connectivity index (χ2v) is 4.81. The third-order valence-corrected chi connectivity index (χ3v) is 3.51. The quantitative estimate of drug-likeness (QED) is 0.890. The third kappa shape index (κ3) is 2.66. The SMILES string of the molecule is COc1cc(C(=O)N2CC[C@H](N)C2)cc(OC)c1C. The number of carbonyl (C=O) groups is 1. The average molecular weight is 264 g/mol. The van der Waals surface area contributed by atoms with Crippen molar-refractivity contribution < 1.29 is 14.3 Å². The van der Waals surface area contributed by atoms with E-state index in [-0.39, 0.29) is 11.9 Å². The summed E-state index contributed by atoms with van der Waals surface area (Å²) in [5.74, 6) is 1.29. The lowest BCUT2D eigenvalue weighted by atomic mass is 10.1. The molecular weight excluding hydrogens is 244 g/mol. The van der Waals surface area contributed by atoms with E-state index in [4.69, 9.17) is 15.2 Å². The number of methoxy groups -OCH3 is 2. The Labute approximate surface area is 113 Å². The highest BCUT2D eigenvalue weighted by molar-refractivity contribution is 5.95. The highest BCUT2D eigenvalue weighted by atomic mass is 16.5. The summed E-state index contributed by atoms with van der Waals surface area (Å²) >= 11 is 0. The second-order valence-electron chi connectivity index (χ2n) is 4.81. The molecule has 1 aliphatic heterocycles. The zero-order valence-electron chi connectivity index (χ0n) is 11.6. The Balaban J connectivity index is 2.31. The number of likely N-dealkylation sites (tertiary alicyclic amines) is 1. The van der Waals surface area contributed by atoms with Crippen LogP contribution in [-0.4, -0.2) is 44.2 Å². The normalized spacial score (nSPS) is 18.5. The van der Waals surface area contributed by atoms with Crippen molar-refractivity contribution in [1.29, 1.82) is 0 Å². The molecule has 104 valence electrons. The van der Waals surface area contributed by atoms with E-state index in [1.54, 1.807) is 31.3 Å². The van der Waals surface area contributed by atoms with Gasteiger partial charge in [0.1, 0.15) is 11.5 Å². The van der Waals surface area contributed by atoms with E-state index in [2.05, 4.69) is 0 Å². The molecule has 0 radical (unpaired) electrons. The molecule has 1 aromatic rings. The average Bonchev–Trinajstić information content (AvgIpc) is 2.85. The summed E-state index contributed by atoms with van der Waals surface area (Å²) in [6.07, 6.45) is 0.853. The van der Waals surface area contributed by atoms with E-state index < -0.39 is 0 Å². The molecule has 0 aromatic heterocycles. The molecule has 0 bridgehead atoms. The fraction of sp³-hybridized carbons (Fsp3) is 0.500. The molecule has 5 nitrogen and oxygen atoms in total. The molecule has 1 saturated heterocycles. The van der Waals surface area contributed by atoms with Crippen LogP contribution in [0.3, 0.4) is 0 Å². The summed E-state index contributed by atoms with van der Waals surface area (Å²) in [5.41, 5.74) is 7.30. The molecule has 0 unspecified atom stereocenters. The molecule has 0 saturated carbocycles. The molecule has 1 atom stereocenters. The van der Waals surface area contributed by atoms with Crippen molar-refractivity contribution in [3.05, 3.63) is 23.3 Å². The predicted octanol–water partition coefficient (Wildman–Crippen LogP) is 1.19. The number of nitrogens with zero attached hydrogens (tertiary/aromatic N) is 1. The smallest absolute Gasteiger partial charge is 0.254 e. The number of rotatable bonds is 3. The van der Waals surface area contributed by atoms with Gasteiger partial charge in [-0.15, -0.1) is 0 Å². The number of benzene rings is 1. The molecule has 19 heavy (non-hydrogen) atoms. The van der Waals surface area contributed by atoms with Crippen LogP contribution < -0.4 is 15.2 Å². The van der Waals surface area contributed by atoms with E-state index >= 15 is 0 Å². The maximum absolute atomic E-state index is 12.4. The predicted molar refractivity (Wildman–Crippen MR) is 72.8 cm³/mol. The van der Waals surface area contributed by atoms with Gasteiger partial charge in [-0.3, -0.25) is 4.79 Å². The van der Waals surface area contributed by atoms with Crippen LogP contribution in [0.1, 0.15) is 22.3 Å². The molecule has 1 fully saturated rings. The zero-order chi connectivity index (χ0) is 14.0. The summed E-state index contributed by atoms with van der Waals surface area (Å²) in [7, 11) is 3.17. The van der Waals surface area contributed by atoms with Crippen molar-refractivity contribution >= 4 is 5.91 Å². The van der Waals surface area contributed by atoms with E-state index in [0.29, 0.717) is 30.2 Å². The van der Waals surface area contributed by atoms with Crippen LogP contribution in [0.4, 0.5) is 0 Å². The lowest BCUT2D eigenvalue weighted by Gasteiger charge is -2.18. The highest BCUT2D eigenvalue weighted by Gasteiger charge is 2.25. The summed E-state index contributed by atoms with van der Waals surface area (Å²) < 4.78 is 10.6. The van der Waals surface area contributed by atoms with Crippen molar-refractivity contribution in [2.45, 2.75) is 19.4 Å². The maximum atomic E-state index is 12.4. The molecule has 2 rings (SSSR count). The first-order chi connectivity index (χ1) is 9.06. The highest BCUT2D eigenvalue weighted by Crippen LogP contribution is 2.30. The van der Waals surface area contributed by atoms with E-state index in [1.807, 2.05) is 6.92 Å². The summed E-state index contributed by atoms with van der Waals surface area (Å²) in [5, 5.41) is 0. The van der Waals surface area contributed by atoms with Gasteiger partial charge in [0.05, 0.1) is 14.2 Å². The molecule has 0 spiro atoms. The largest absolute Gasteiger partial charge is 0.496 e. The van der Waals surface area contributed by atoms with Crippen LogP contribution in [0.25, 0.3) is 0 Å². The van der Waals surface area contributed by atoms with Crippen molar-refractivity contribution in [3.63, 3.8) is 0 Å². The van der Waals surface area contributed by atoms with Gasteiger partial charge in [0.2, 0.25) is 0 Å². The minimum atomic E-state index is -0.0236. The number of hydrogen-bond donors (Lipinski definition) is 1. The third-order valence-electron chi connectivity index (χ3n) is 3.51. The standard InChI is InChI=1S/C14H20N2O3/c1-9-12(18-2)6-10(7-13(9)19-3)14(17)16-5-4-11(15)8-16/h6-7,11H,4-5,8,15H2,1-3H3/t11-/m0/s1.